The standard InChI is InChI=1S/C29H33FN4O6S/c1-19-16-34(20(2)18-35)28(36)24-10-7-11-25(32-41(38,39)23-8-5-4-6-9-23)27(24)40-26(19)17-33(3)29(37)31-22-14-12-21(30)13-15-22/h4-15,19-20,26,32,35H,16-18H2,1-3H3,(H,31,37)/t19-,20+,26+/m1/s1. The highest BCUT2D eigenvalue weighted by Crippen LogP contribution is 2.36. The highest BCUT2D eigenvalue weighted by molar-refractivity contribution is 7.92. The van der Waals surface area contributed by atoms with E-state index in [0.29, 0.717) is 5.69 Å². The van der Waals surface area contributed by atoms with Crippen LogP contribution in [-0.2, 0) is 10.0 Å². The molecule has 218 valence electrons. The second-order valence-electron chi connectivity index (χ2n) is 10.0. The first-order valence-electron chi connectivity index (χ1n) is 13.1. The molecule has 0 fully saturated rings. The van der Waals surface area contributed by atoms with Gasteiger partial charge in [-0.2, -0.15) is 0 Å². The van der Waals surface area contributed by atoms with Crippen LogP contribution in [0.5, 0.6) is 5.75 Å². The lowest BCUT2D eigenvalue weighted by molar-refractivity contribution is 0.0373. The summed E-state index contributed by atoms with van der Waals surface area (Å²) in [6.07, 6.45) is -0.679. The lowest BCUT2D eigenvalue weighted by atomic mass is 9.99. The Morgan fingerprint density at radius 1 is 1.12 bits per heavy atom. The lowest BCUT2D eigenvalue weighted by Crippen LogP contribution is -2.50. The quantitative estimate of drug-likeness (QED) is 0.367. The number of aliphatic hydroxyl groups excluding tert-OH is 1. The van der Waals surface area contributed by atoms with E-state index in [9.17, 15) is 27.5 Å². The zero-order valence-corrected chi connectivity index (χ0v) is 23.8. The highest BCUT2D eigenvalue weighted by Gasteiger charge is 2.35. The number of hydrogen-bond donors (Lipinski definition) is 3. The third-order valence-corrected chi connectivity index (χ3v) is 8.27. The zero-order valence-electron chi connectivity index (χ0n) is 23.0. The average molecular weight is 585 g/mol. The smallest absolute Gasteiger partial charge is 0.321 e. The van der Waals surface area contributed by atoms with Crippen molar-refractivity contribution in [1.29, 1.82) is 0 Å². The van der Waals surface area contributed by atoms with E-state index in [1.165, 1.54) is 58.3 Å². The second kappa shape index (κ2) is 12.6. The molecule has 41 heavy (non-hydrogen) atoms. The van der Waals surface area contributed by atoms with E-state index in [-0.39, 0.29) is 47.5 Å². The Kier molecular flexibility index (Phi) is 9.14. The molecule has 3 atom stereocenters. The molecule has 0 spiro atoms. The monoisotopic (exact) mass is 584 g/mol. The maximum absolute atomic E-state index is 13.6. The van der Waals surface area contributed by atoms with Gasteiger partial charge in [-0.15, -0.1) is 0 Å². The van der Waals surface area contributed by atoms with Crippen LogP contribution in [0.15, 0.2) is 77.7 Å². The SMILES string of the molecule is C[C@@H]1CN([C@@H](C)CO)C(=O)c2cccc(NS(=O)(=O)c3ccccc3)c2O[C@H]1CN(C)C(=O)Nc1ccc(F)cc1. The topological polar surface area (TPSA) is 128 Å². The summed E-state index contributed by atoms with van der Waals surface area (Å²) in [7, 11) is -2.45. The van der Waals surface area contributed by atoms with E-state index >= 15 is 0 Å². The number of likely N-dealkylation sites (N-methyl/N-ethyl adjacent to an activating group) is 1. The molecular formula is C29H33FN4O6S. The van der Waals surface area contributed by atoms with Crippen LogP contribution in [0.25, 0.3) is 0 Å². The van der Waals surface area contributed by atoms with E-state index in [0.717, 1.165) is 0 Å². The van der Waals surface area contributed by atoms with Gasteiger partial charge in [0.05, 0.1) is 35.3 Å². The Morgan fingerprint density at radius 2 is 1.80 bits per heavy atom. The molecule has 1 heterocycles. The Morgan fingerprint density at radius 3 is 2.46 bits per heavy atom. The van der Waals surface area contributed by atoms with Crippen molar-refractivity contribution in [3.63, 3.8) is 0 Å². The molecule has 10 nitrogen and oxygen atoms in total. The van der Waals surface area contributed by atoms with Crippen LogP contribution in [0.2, 0.25) is 0 Å². The van der Waals surface area contributed by atoms with Gasteiger partial charge >= 0.3 is 6.03 Å². The van der Waals surface area contributed by atoms with Crippen LogP contribution >= 0.6 is 0 Å². The number of nitrogens with zero attached hydrogens (tertiary/aromatic N) is 2. The summed E-state index contributed by atoms with van der Waals surface area (Å²) in [6, 6.07) is 16.7. The van der Waals surface area contributed by atoms with Crippen LogP contribution in [0.1, 0.15) is 24.2 Å². The number of benzene rings is 3. The molecule has 3 aromatic rings. The summed E-state index contributed by atoms with van der Waals surface area (Å²) in [6.45, 7) is 3.58. The van der Waals surface area contributed by atoms with Gasteiger partial charge in [0, 0.05) is 25.2 Å². The summed E-state index contributed by atoms with van der Waals surface area (Å²) in [4.78, 5) is 29.5. The van der Waals surface area contributed by atoms with Crippen LogP contribution in [0.4, 0.5) is 20.6 Å². The molecule has 0 saturated heterocycles. The number of rotatable bonds is 8. The number of urea groups is 1. The number of anilines is 2. The predicted octanol–water partition coefficient (Wildman–Crippen LogP) is 4.01. The van der Waals surface area contributed by atoms with E-state index in [1.807, 2.05) is 6.92 Å². The number of sulfonamides is 1. The maximum atomic E-state index is 13.6. The minimum absolute atomic E-state index is 0.0241. The first-order valence-corrected chi connectivity index (χ1v) is 14.6. The third-order valence-electron chi connectivity index (χ3n) is 6.88. The molecule has 4 rings (SSSR count). The van der Waals surface area contributed by atoms with Gasteiger partial charge in [-0.05, 0) is 55.5 Å². The molecule has 0 aliphatic carbocycles. The van der Waals surface area contributed by atoms with Gasteiger partial charge in [0.1, 0.15) is 11.9 Å². The number of hydrogen-bond acceptors (Lipinski definition) is 6. The summed E-state index contributed by atoms with van der Waals surface area (Å²) in [5, 5.41) is 12.6. The Bertz CT molecular complexity index is 1490. The Hall–Kier alpha value is -4.16. The van der Waals surface area contributed by atoms with Gasteiger partial charge in [0.25, 0.3) is 15.9 Å². The molecular weight excluding hydrogens is 551 g/mol. The minimum Gasteiger partial charge on any atom is -0.485 e. The van der Waals surface area contributed by atoms with E-state index in [4.69, 9.17) is 4.74 Å². The van der Waals surface area contributed by atoms with E-state index in [1.54, 1.807) is 38.2 Å². The molecule has 0 saturated carbocycles. The van der Waals surface area contributed by atoms with Crippen molar-refractivity contribution in [2.45, 2.75) is 30.9 Å². The highest BCUT2D eigenvalue weighted by atomic mass is 32.2. The number of ether oxygens (including phenoxy) is 1. The molecule has 3 N–H and O–H groups in total. The predicted molar refractivity (Wildman–Crippen MR) is 153 cm³/mol. The van der Waals surface area contributed by atoms with Gasteiger partial charge in [-0.1, -0.05) is 31.2 Å². The van der Waals surface area contributed by atoms with Crippen molar-refractivity contribution in [3.8, 4) is 5.75 Å². The fourth-order valence-electron chi connectivity index (χ4n) is 4.45. The Balaban J connectivity index is 1.68. The van der Waals surface area contributed by atoms with Crippen molar-refractivity contribution in [2.24, 2.45) is 5.92 Å². The molecule has 0 bridgehead atoms. The summed E-state index contributed by atoms with van der Waals surface area (Å²) in [5.74, 6) is -1.16. The molecule has 1 aliphatic heterocycles. The molecule has 1 aliphatic rings. The zero-order chi connectivity index (χ0) is 29.7. The number of fused-ring (bicyclic) bond motifs is 1. The fourth-order valence-corrected chi connectivity index (χ4v) is 5.53. The molecule has 0 radical (unpaired) electrons. The van der Waals surface area contributed by atoms with Crippen LogP contribution in [0, 0.1) is 11.7 Å². The van der Waals surface area contributed by atoms with Crippen LogP contribution in [0.3, 0.4) is 0 Å². The van der Waals surface area contributed by atoms with Crippen molar-refractivity contribution in [1.82, 2.24) is 9.80 Å². The van der Waals surface area contributed by atoms with Crippen molar-refractivity contribution in [3.05, 3.63) is 84.2 Å². The Labute approximate surface area is 238 Å². The normalized spacial score (nSPS) is 17.9. The van der Waals surface area contributed by atoms with Crippen molar-refractivity contribution >= 4 is 33.3 Å². The number of para-hydroxylation sites is 1. The van der Waals surface area contributed by atoms with Crippen LogP contribution in [-0.4, -0.2) is 74.2 Å². The van der Waals surface area contributed by atoms with Gasteiger partial charge < -0.3 is 25.0 Å². The first kappa shape index (κ1) is 29.8. The summed E-state index contributed by atoms with van der Waals surface area (Å²) < 4.78 is 48.5. The molecule has 0 unspecified atom stereocenters. The fraction of sp³-hybridized carbons (Fsp3) is 0.310. The molecule has 0 aromatic heterocycles. The van der Waals surface area contributed by atoms with Crippen molar-refractivity contribution < 1.29 is 32.2 Å². The second-order valence-corrected chi connectivity index (χ2v) is 11.7. The maximum Gasteiger partial charge on any atom is 0.321 e. The van der Waals surface area contributed by atoms with Gasteiger partial charge in [-0.25, -0.2) is 17.6 Å². The largest absolute Gasteiger partial charge is 0.485 e. The number of aliphatic hydroxyl groups is 1. The lowest BCUT2D eigenvalue weighted by Gasteiger charge is -2.38. The third kappa shape index (κ3) is 6.95. The van der Waals surface area contributed by atoms with E-state index in [2.05, 4.69) is 10.0 Å². The summed E-state index contributed by atoms with van der Waals surface area (Å²) in [5.41, 5.74) is 0.592. The number of carbonyl (C=O) groups is 2. The average Bonchev–Trinajstić information content (AvgIpc) is 2.96. The van der Waals surface area contributed by atoms with Gasteiger partial charge in [0.15, 0.2) is 5.75 Å². The minimum atomic E-state index is -4.02. The number of carbonyl (C=O) groups excluding carboxylic acids is 2. The molecule has 12 heteroatoms. The van der Waals surface area contributed by atoms with E-state index < -0.39 is 39.9 Å². The molecule has 3 amide bonds. The van der Waals surface area contributed by atoms with Gasteiger partial charge in [-0.3, -0.25) is 9.52 Å². The molecule has 3 aromatic carbocycles. The number of nitrogens with one attached hydrogen (secondary N) is 2. The van der Waals surface area contributed by atoms with Crippen molar-refractivity contribution in [2.75, 3.05) is 36.8 Å². The van der Waals surface area contributed by atoms with Gasteiger partial charge in [0.2, 0.25) is 0 Å². The summed E-state index contributed by atoms with van der Waals surface area (Å²) >= 11 is 0. The number of amides is 3. The van der Waals surface area contributed by atoms with Crippen LogP contribution < -0.4 is 14.8 Å². The first-order chi connectivity index (χ1) is 19.5. The number of halogens is 1.